The molecule has 1 aromatic carbocycles. The van der Waals surface area contributed by atoms with Crippen LogP contribution in [0.4, 0.5) is 4.39 Å². The summed E-state index contributed by atoms with van der Waals surface area (Å²) >= 11 is 0. The summed E-state index contributed by atoms with van der Waals surface area (Å²) in [6.07, 6.45) is 4.79. The summed E-state index contributed by atoms with van der Waals surface area (Å²) in [7, 11) is 1.53. The maximum Gasteiger partial charge on any atom is 0.248 e. The van der Waals surface area contributed by atoms with Gasteiger partial charge >= 0.3 is 0 Å². The predicted molar refractivity (Wildman–Crippen MR) is 99.1 cm³/mol. The predicted octanol–water partition coefficient (Wildman–Crippen LogP) is 2.41. The Bertz CT molecular complexity index is 733. The van der Waals surface area contributed by atoms with E-state index in [1.54, 1.807) is 16.9 Å². The molecule has 0 radical (unpaired) electrons. The minimum atomic E-state index is -0.733. The first-order chi connectivity index (χ1) is 12.1. The quantitative estimate of drug-likeness (QED) is 0.833. The van der Waals surface area contributed by atoms with Crippen LogP contribution in [-0.2, 0) is 10.3 Å². The summed E-state index contributed by atoms with van der Waals surface area (Å²) in [6, 6.07) is 5.74. The molecule has 1 atom stereocenters. The number of ether oxygens (including phenoxy) is 1. The Balaban J connectivity index is 0.00000243. The van der Waals surface area contributed by atoms with E-state index in [1.807, 2.05) is 19.2 Å². The van der Waals surface area contributed by atoms with Crippen LogP contribution < -0.4 is 15.4 Å². The van der Waals surface area contributed by atoms with E-state index in [-0.39, 0.29) is 30.2 Å². The van der Waals surface area contributed by atoms with Gasteiger partial charge in [0.05, 0.1) is 13.2 Å². The summed E-state index contributed by atoms with van der Waals surface area (Å²) in [4.78, 5) is 13.2. The van der Waals surface area contributed by atoms with Gasteiger partial charge in [-0.25, -0.2) is 4.39 Å². The van der Waals surface area contributed by atoms with Crippen molar-refractivity contribution in [3.05, 3.63) is 48.0 Å². The second-order valence-electron chi connectivity index (χ2n) is 6.31. The van der Waals surface area contributed by atoms with Crippen molar-refractivity contribution in [1.82, 2.24) is 20.4 Å². The third kappa shape index (κ3) is 3.83. The topological polar surface area (TPSA) is 68.2 Å². The summed E-state index contributed by atoms with van der Waals surface area (Å²) in [5, 5.41) is 10.6. The van der Waals surface area contributed by atoms with Crippen molar-refractivity contribution in [2.24, 2.45) is 0 Å². The van der Waals surface area contributed by atoms with Gasteiger partial charge in [-0.3, -0.25) is 9.48 Å². The molecule has 3 rings (SSSR count). The molecule has 1 unspecified atom stereocenters. The molecule has 0 spiro atoms. The van der Waals surface area contributed by atoms with E-state index in [0.29, 0.717) is 24.2 Å². The van der Waals surface area contributed by atoms with Gasteiger partial charge in [0.2, 0.25) is 5.91 Å². The highest BCUT2D eigenvalue weighted by Crippen LogP contribution is 2.30. The number of amides is 1. The first-order valence-corrected chi connectivity index (χ1v) is 8.42. The van der Waals surface area contributed by atoms with Crippen LogP contribution in [-0.4, -0.2) is 35.9 Å². The molecular formula is C18H24ClFN4O2. The highest BCUT2D eigenvalue weighted by atomic mass is 35.5. The van der Waals surface area contributed by atoms with Gasteiger partial charge in [0.1, 0.15) is 17.1 Å². The molecule has 1 fully saturated rings. The monoisotopic (exact) mass is 382 g/mol. The normalized spacial score (nSPS) is 17.0. The van der Waals surface area contributed by atoms with Crippen LogP contribution in [0.2, 0.25) is 0 Å². The number of halogens is 2. The van der Waals surface area contributed by atoms with Crippen LogP contribution in [0.15, 0.2) is 36.7 Å². The molecule has 1 amide bonds. The molecular weight excluding hydrogens is 359 g/mol. The summed E-state index contributed by atoms with van der Waals surface area (Å²) in [5.74, 6) is 0.0738. The number of benzene rings is 1. The van der Waals surface area contributed by atoms with E-state index < -0.39 is 5.54 Å². The first-order valence-electron chi connectivity index (χ1n) is 8.42. The highest BCUT2D eigenvalue weighted by molar-refractivity contribution is 5.85. The fourth-order valence-corrected chi connectivity index (χ4v) is 3.37. The highest BCUT2D eigenvalue weighted by Gasteiger charge is 2.42. The van der Waals surface area contributed by atoms with Gasteiger partial charge in [-0.2, -0.15) is 5.10 Å². The molecule has 1 aliphatic rings. The molecule has 2 N–H and O–H groups in total. The van der Waals surface area contributed by atoms with Crippen molar-refractivity contribution in [2.75, 3.05) is 20.2 Å². The largest absolute Gasteiger partial charge is 0.496 e. The maximum absolute atomic E-state index is 13.6. The Labute approximate surface area is 158 Å². The zero-order chi connectivity index (χ0) is 17.9. The molecule has 1 saturated heterocycles. The Hall–Kier alpha value is -2.12. The molecule has 0 bridgehead atoms. The van der Waals surface area contributed by atoms with E-state index in [9.17, 15) is 9.18 Å². The van der Waals surface area contributed by atoms with Crippen LogP contribution in [0, 0.1) is 5.82 Å². The van der Waals surface area contributed by atoms with Crippen molar-refractivity contribution < 1.29 is 13.9 Å². The lowest BCUT2D eigenvalue weighted by Crippen LogP contribution is -2.55. The number of carbonyl (C=O) groups excluding carboxylic acids is 1. The number of nitrogens with zero attached hydrogens (tertiary/aromatic N) is 2. The Morgan fingerprint density at radius 3 is 2.77 bits per heavy atom. The van der Waals surface area contributed by atoms with Crippen molar-refractivity contribution in [3.63, 3.8) is 0 Å². The second kappa shape index (κ2) is 8.51. The zero-order valence-electron chi connectivity index (χ0n) is 14.9. The minimum Gasteiger partial charge on any atom is -0.496 e. The fraction of sp³-hybridized carbons (Fsp3) is 0.444. The molecule has 8 heteroatoms. The average molecular weight is 383 g/mol. The van der Waals surface area contributed by atoms with Crippen LogP contribution in [0.3, 0.4) is 0 Å². The number of hydrogen-bond donors (Lipinski definition) is 2. The zero-order valence-corrected chi connectivity index (χ0v) is 15.7. The van der Waals surface area contributed by atoms with Gasteiger partial charge in [0.15, 0.2) is 0 Å². The van der Waals surface area contributed by atoms with Gasteiger partial charge in [-0.1, -0.05) is 0 Å². The van der Waals surface area contributed by atoms with Gasteiger partial charge in [0, 0.05) is 18.0 Å². The minimum absolute atomic E-state index is 0. The van der Waals surface area contributed by atoms with Gasteiger partial charge in [0.25, 0.3) is 0 Å². The van der Waals surface area contributed by atoms with Crippen molar-refractivity contribution in [2.45, 2.75) is 31.3 Å². The molecule has 1 aromatic heterocycles. The Kier molecular flexibility index (Phi) is 6.61. The van der Waals surface area contributed by atoms with Gasteiger partial charge in [-0.15, -0.1) is 12.4 Å². The lowest BCUT2D eigenvalue weighted by molar-refractivity contribution is -0.132. The molecule has 6 nitrogen and oxygen atoms in total. The lowest BCUT2D eigenvalue weighted by atomic mass is 9.87. The SMILES string of the molecule is COc1ccc(F)cc1C(C)NC(=O)C1(n2cccn2)CCNCC1.Cl. The fourth-order valence-electron chi connectivity index (χ4n) is 3.37. The maximum atomic E-state index is 13.6. The molecule has 1 aliphatic heterocycles. The number of hydrogen-bond acceptors (Lipinski definition) is 4. The third-order valence-corrected chi connectivity index (χ3v) is 4.80. The summed E-state index contributed by atoms with van der Waals surface area (Å²) in [6.45, 7) is 3.31. The van der Waals surface area contributed by atoms with E-state index in [0.717, 1.165) is 13.1 Å². The number of methoxy groups -OCH3 is 1. The number of nitrogens with one attached hydrogen (secondary N) is 2. The first kappa shape index (κ1) is 20.2. The molecule has 26 heavy (non-hydrogen) atoms. The molecule has 0 aliphatic carbocycles. The van der Waals surface area contributed by atoms with Crippen LogP contribution in [0.1, 0.15) is 31.4 Å². The van der Waals surface area contributed by atoms with E-state index in [4.69, 9.17) is 4.74 Å². The van der Waals surface area contributed by atoms with Crippen molar-refractivity contribution in [3.8, 4) is 5.75 Å². The molecule has 2 heterocycles. The second-order valence-corrected chi connectivity index (χ2v) is 6.31. The number of piperidine rings is 1. The van der Waals surface area contributed by atoms with E-state index in [1.165, 1.54) is 19.2 Å². The average Bonchev–Trinajstić information content (AvgIpc) is 3.17. The Morgan fingerprint density at radius 1 is 1.42 bits per heavy atom. The number of rotatable bonds is 5. The molecule has 142 valence electrons. The Morgan fingerprint density at radius 2 is 2.15 bits per heavy atom. The van der Waals surface area contributed by atoms with Crippen molar-refractivity contribution in [1.29, 1.82) is 0 Å². The molecule has 2 aromatic rings. The van der Waals surface area contributed by atoms with Crippen LogP contribution in [0.25, 0.3) is 0 Å². The van der Waals surface area contributed by atoms with E-state index >= 15 is 0 Å². The van der Waals surface area contributed by atoms with E-state index in [2.05, 4.69) is 15.7 Å². The van der Waals surface area contributed by atoms with Crippen LogP contribution >= 0.6 is 12.4 Å². The summed E-state index contributed by atoms with van der Waals surface area (Å²) in [5.41, 5.74) is -0.121. The number of carbonyl (C=O) groups is 1. The smallest absolute Gasteiger partial charge is 0.248 e. The van der Waals surface area contributed by atoms with Gasteiger partial charge < -0.3 is 15.4 Å². The van der Waals surface area contributed by atoms with Gasteiger partial charge in [-0.05, 0) is 57.1 Å². The summed E-state index contributed by atoms with van der Waals surface area (Å²) < 4.78 is 20.7. The van der Waals surface area contributed by atoms with Crippen molar-refractivity contribution >= 4 is 18.3 Å². The van der Waals surface area contributed by atoms with Crippen LogP contribution in [0.5, 0.6) is 5.75 Å². The lowest BCUT2D eigenvalue weighted by Gasteiger charge is -2.37. The molecule has 0 saturated carbocycles. The standard InChI is InChI=1S/C18H23FN4O2.ClH/c1-13(15-12-14(19)4-5-16(15)25-2)22-17(24)18(6-9-20-10-7-18)23-11-3-8-21-23;/h3-5,8,11-13,20H,6-7,9-10H2,1-2H3,(H,22,24);1H. The third-order valence-electron chi connectivity index (χ3n) is 4.80. The number of aromatic nitrogens is 2.